The second-order valence-electron chi connectivity index (χ2n) is 7.80. The van der Waals surface area contributed by atoms with Crippen LogP contribution in [0.25, 0.3) is 0 Å². The first kappa shape index (κ1) is 27.4. The molecular weight excluding hydrogens is 368 g/mol. The third kappa shape index (κ3) is 19.5. The SMILES string of the molecule is CCCCC(CCCCCCCCCCOC=O)OC(=O)CCCN(C)C=NC. The smallest absolute Gasteiger partial charge is 0.306 e. The molecule has 0 aliphatic heterocycles. The molecule has 0 heterocycles. The second kappa shape index (κ2) is 21.1. The topological polar surface area (TPSA) is 68.2 Å². The van der Waals surface area contributed by atoms with E-state index in [0.29, 0.717) is 19.5 Å². The first-order chi connectivity index (χ1) is 14.1. The van der Waals surface area contributed by atoms with Gasteiger partial charge in [-0.25, -0.2) is 0 Å². The molecule has 0 aromatic carbocycles. The molecule has 0 aromatic heterocycles. The summed E-state index contributed by atoms with van der Waals surface area (Å²) in [7, 11) is 3.71. The number of rotatable bonds is 21. The molecule has 0 saturated carbocycles. The summed E-state index contributed by atoms with van der Waals surface area (Å²) < 4.78 is 10.4. The van der Waals surface area contributed by atoms with E-state index in [0.717, 1.165) is 57.9 Å². The van der Waals surface area contributed by atoms with Crippen LogP contribution in [-0.2, 0) is 19.1 Å². The van der Waals surface area contributed by atoms with Crippen LogP contribution in [0.15, 0.2) is 4.99 Å². The van der Waals surface area contributed by atoms with Crippen LogP contribution in [0.3, 0.4) is 0 Å². The van der Waals surface area contributed by atoms with E-state index in [-0.39, 0.29) is 12.1 Å². The Morgan fingerprint density at radius 1 is 0.966 bits per heavy atom. The number of nitrogens with zero attached hydrogens (tertiary/aromatic N) is 2. The van der Waals surface area contributed by atoms with Crippen molar-refractivity contribution in [2.24, 2.45) is 4.99 Å². The van der Waals surface area contributed by atoms with Gasteiger partial charge in [0.2, 0.25) is 0 Å². The van der Waals surface area contributed by atoms with E-state index in [1.165, 1.54) is 32.1 Å². The minimum Gasteiger partial charge on any atom is -0.468 e. The van der Waals surface area contributed by atoms with Gasteiger partial charge in [0, 0.05) is 27.1 Å². The van der Waals surface area contributed by atoms with Gasteiger partial charge in [0.1, 0.15) is 6.10 Å². The number of hydrogen-bond donors (Lipinski definition) is 0. The average Bonchev–Trinajstić information content (AvgIpc) is 2.70. The second-order valence-corrected chi connectivity index (χ2v) is 7.80. The van der Waals surface area contributed by atoms with E-state index in [4.69, 9.17) is 4.74 Å². The Balaban J connectivity index is 3.81. The maximum atomic E-state index is 12.2. The molecule has 170 valence electrons. The van der Waals surface area contributed by atoms with Gasteiger partial charge in [0.15, 0.2) is 0 Å². The van der Waals surface area contributed by atoms with Gasteiger partial charge in [-0.1, -0.05) is 58.3 Å². The zero-order valence-electron chi connectivity index (χ0n) is 19.1. The van der Waals surface area contributed by atoms with Crippen molar-refractivity contribution in [3.8, 4) is 0 Å². The standard InChI is InChI=1S/C23H44N2O4/c1-4-5-15-22(29-23(27)17-14-18-25(3)20-24-2)16-12-10-8-6-7-9-11-13-19-28-21-26/h20-22H,4-19H2,1-3H3. The van der Waals surface area contributed by atoms with Gasteiger partial charge in [-0.2, -0.15) is 0 Å². The van der Waals surface area contributed by atoms with Crippen LogP contribution in [0.4, 0.5) is 0 Å². The van der Waals surface area contributed by atoms with Gasteiger partial charge >= 0.3 is 5.97 Å². The fourth-order valence-corrected chi connectivity index (χ4v) is 3.33. The summed E-state index contributed by atoms with van der Waals surface area (Å²) in [6.45, 7) is 4.06. The van der Waals surface area contributed by atoms with Crippen molar-refractivity contribution in [1.29, 1.82) is 0 Å². The Bertz CT molecular complexity index is 416. The number of carbonyl (C=O) groups is 2. The van der Waals surface area contributed by atoms with Gasteiger partial charge in [0.05, 0.1) is 12.9 Å². The predicted octanol–water partition coefficient (Wildman–Crippen LogP) is 5.14. The highest BCUT2D eigenvalue weighted by atomic mass is 16.5. The number of carbonyl (C=O) groups excluding carboxylic acids is 2. The number of esters is 1. The summed E-state index contributed by atoms with van der Waals surface area (Å²) >= 11 is 0. The minimum atomic E-state index is -0.0634. The molecule has 1 unspecified atom stereocenters. The lowest BCUT2D eigenvalue weighted by Crippen LogP contribution is -2.21. The molecule has 0 aliphatic carbocycles. The van der Waals surface area contributed by atoms with E-state index in [1.807, 2.05) is 11.9 Å². The van der Waals surface area contributed by atoms with Crippen LogP contribution in [0.1, 0.15) is 96.8 Å². The van der Waals surface area contributed by atoms with E-state index in [9.17, 15) is 9.59 Å². The molecule has 1 atom stereocenters. The highest BCUT2D eigenvalue weighted by Gasteiger charge is 2.14. The van der Waals surface area contributed by atoms with Crippen LogP contribution in [0, 0.1) is 0 Å². The van der Waals surface area contributed by atoms with Gasteiger partial charge in [-0.3, -0.25) is 14.6 Å². The maximum absolute atomic E-state index is 12.2. The summed E-state index contributed by atoms with van der Waals surface area (Å²) in [4.78, 5) is 28.1. The van der Waals surface area contributed by atoms with Crippen molar-refractivity contribution >= 4 is 18.8 Å². The maximum Gasteiger partial charge on any atom is 0.306 e. The van der Waals surface area contributed by atoms with Crippen LogP contribution in [0.5, 0.6) is 0 Å². The Morgan fingerprint density at radius 3 is 2.21 bits per heavy atom. The molecule has 29 heavy (non-hydrogen) atoms. The van der Waals surface area contributed by atoms with Crippen molar-refractivity contribution < 1.29 is 19.1 Å². The minimum absolute atomic E-state index is 0.0634. The Morgan fingerprint density at radius 2 is 1.59 bits per heavy atom. The van der Waals surface area contributed by atoms with Crippen molar-refractivity contribution in [3.63, 3.8) is 0 Å². The zero-order chi connectivity index (χ0) is 21.6. The third-order valence-electron chi connectivity index (χ3n) is 4.99. The number of ether oxygens (including phenoxy) is 2. The Labute approximate surface area is 178 Å². The van der Waals surface area contributed by atoms with Crippen molar-refractivity contribution in [1.82, 2.24) is 4.90 Å². The van der Waals surface area contributed by atoms with Gasteiger partial charge in [-0.05, 0) is 32.1 Å². The Hall–Kier alpha value is -1.59. The summed E-state index contributed by atoms with van der Waals surface area (Å²) in [5.41, 5.74) is 0. The molecule has 0 N–H and O–H groups in total. The largest absolute Gasteiger partial charge is 0.468 e. The first-order valence-electron chi connectivity index (χ1n) is 11.5. The monoisotopic (exact) mass is 412 g/mol. The fraction of sp³-hybridized carbons (Fsp3) is 0.870. The zero-order valence-corrected chi connectivity index (χ0v) is 19.1. The summed E-state index contributed by atoms with van der Waals surface area (Å²) in [5, 5.41) is 0. The molecule has 0 aromatic rings. The molecule has 6 nitrogen and oxygen atoms in total. The Kier molecular flexibility index (Phi) is 20.0. The number of unbranched alkanes of at least 4 members (excludes halogenated alkanes) is 8. The van der Waals surface area contributed by atoms with E-state index < -0.39 is 0 Å². The van der Waals surface area contributed by atoms with Gasteiger partial charge < -0.3 is 14.4 Å². The molecule has 0 amide bonds. The van der Waals surface area contributed by atoms with Crippen LogP contribution < -0.4 is 0 Å². The lowest BCUT2D eigenvalue weighted by molar-refractivity contribution is -0.150. The predicted molar refractivity (Wildman–Crippen MR) is 119 cm³/mol. The van der Waals surface area contributed by atoms with Crippen molar-refractivity contribution in [3.05, 3.63) is 0 Å². The molecule has 0 fully saturated rings. The number of hydrogen-bond acceptors (Lipinski definition) is 5. The quantitative estimate of drug-likeness (QED) is 0.0858. The van der Waals surface area contributed by atoms with E-state index in [2.05, 4.69) is 16.7 Å². The van der Waals surface area contributed by atoms with Crippen LogP contribution >= 0.6 is 0 Å². The summed E-state index contributed by atoms with van der Waals surface area (Å²) in [6.07, 6.45) is 16.7. The fourth-order valence-electron chi connectivity index (χ4n) is 3.33. The molecule has 0 spiro atoms. The van der Waals surface area contributed by atoms with Crippen LogP contribution in [0.2, 0.25) is 0 Å². The van der Waals surface area contributed by atoms with Crippen molar-refractivity contribution in [2.75, 3.05) is 27.2 Å². The van der Waals surface area contributed by atoms with Crippen LogP contribution in [-0.4, -0.2) is 57.0 Å². The summed E-state index contributed by atoms with van der Waals surface area (Å²) in [5.74, 6) is -0.0634. The highest BCUT2D eigenvalue weighted by molar-refractivity contribution is 5.69. The highest BCUT2D eigenvalue weighted by Crippen LogP contribution is 2.16. The van der Waals surface area contributed by atoms with Crippen molar-refractivity contribution in [2.45, 2.75) is 103 Å². The molecular formula is C23H44N2O4. The third-order valence-corrected chi connectivity index (χ3v) is 4.99. The molecule has 0 bridgehead atoms. The van der Waals surface area contributed by atoms with Gasteiger partial charge in [-0.15, -0.1) is 0 Å². The first-order valence-corrected chi connectivity index (χ1v) is 11.5. The molecule has 6 heteroatoms. The molecule has 0 aliphatic rings. The normalized spacial score (nSPS) is 12.1. The average molecular weight is 413 g/mol. The van der Waals surface area contributed by atoms with E-state index in [1.54, 1.807) is 13.4 Å². The lowest BCUT2D eigenvalue weighted by atomic mass is 10.0. The summed E-state index contributed by atoms with van der Waals surface area (Å²) in [6, 6.07) is 0. The molecule has 0 rings (SSSR count). The lowest BCUT2D eigenvalue weighted by Gasteiger charge is -2.18. The molecule has 0 radical (unpaired) electrons. The molecule has 0 saturated heterocycles. The number of aliphatic imine (C=N–C) groups is 1. The van der Waals surface area contributed by atoms with Gasteiger partial charge in [0.25, 0.3) is 6.47 Å². The van der Waals surface area contributed by atoms with E-state index >= 15 is 0 Å².